The smallest absolute Gasteiger partial charge is 0.266 e. The first-order valence-corrected chi connectivity index (χ1v) is 11.7. The van der Waals surface area contributed by atoms with Gasteiger partial charge in [-0.3, -0.25) is 14.3 Å². The van der Waals surface area contributed by atoms with Gasteiger partial charge in [-0.2, -0.15) is 5.10 Å². The molecule has 1 heterocycles. The molecular weight excluding hydrogens is 402 g/mol. The third kappa shape index (κ3) is 4.31. The fourth-order valence-electron chi connectivity index (χ4n) is 5.37. The van der Waals surface area contributed by atoms with Crippen molar-refractivity contribution < 1.29 is 9.59 Å². The molecule has 0 bridgehead atoms. The van der Waals surface area contributed by atoms with Crippen LogP contribution >= 0.6 is 0 Å². The van der Waals surface area contributed by atoms with Crippen LogP contribution < -0.4 is 16.8 Å². The van der Waals surface area contributed by atoms with Gasteiger partial charge in [0.25, 0.3) is 5.91 Å². The van der Waals surface area contributed by atoms with E-state index in [0.717, 1.165) is 44.2 Å². The largest absolute Gasteiger partial charge is 0.364 e. The number of carbonyl (C=O) groups is 2. The molecule has 7 nitrogen and oxygen atoms in total. The van der Waals surface area contributed by atoms with Crippen molar-refractivity contribution in [2.75, 3.05) is 5.32 Å². The zero-order valence-corrected chi connectivity index (χ0v) is 19.4. The molecule has 0 aliphatic heterocycles. The van der Waals surface area contributed by atoms with Crippen LogP contribution in [0.1, 0.15) is 79.2 Å². The molecule has 7 heteroatoms. The van der Waals surface area contributed by atoms with Gasteiger partial charge in [0, 0.05) is 18.3 Å². The zero-order chi connectivity index (χ0) is 23.0. The maximum absolute atomic E-state index is 13.5. The summed E-state index contributed by atoms with van der Waals surface area (Å²) in [6.45, 7) is 4.33. The summed E-state index contributed by atoms with van der Waals surface area (Å²) in [6.07, 6.45) is 7.05. The first-order valence-electron chi connectivity index (χ1n) is 11.7. The van der Waals surface area contributed by atoms with E-state index < -0.39 is 11.8 Å². The van der Waals surface area contributed by atoms with E-state index in [2.05, 4.69) is 36.4 Å². The molecule has 0 spiro atoms. The molecule has 2 atom stereocenters. The van der Waals surface area contributed by atoms with E-state index in [-0.39, 0.29) is 17.4 Å². The summed E-state index contributed by atoms with van der Waals surface area (Å²) >= 11 is 0. The minimum Gasteiger partial charge on any atom is -0.364 e. The van der Waals surface area contributed by atoms with E-state index in [4.69, 9.17) is 11.5 Å². The number of hydrogen-bond acceptors (Lipinski definition) is 4. The fourth-order valence-corrected chi connectivity index (χ4v) is 5.37. The third-order valence-electron chi connectivity index (χ3n) is 7.54. The molecule has 1 saturated carbocycles. The van der Waals surface area contributed by atoms with Crippen molar-refractivity contribution in [1.82, 2.24) is 9.78 Å². The first kappa shape index (κ1) is 22.5. The minimum absolute atomic E-state index is 0.0770. The lowest BCUT2D eigenvalue weighted by atomic mass is 9.78. The average molecular weight is 438 g/mol. The number of nitrogens with zero attached hydrogens (tertiary/aromatic N) is 2. The Kier molecular flexibility index (Phi) is 6.12. The number of nitrogens with two attached hydrogens (primary N) is 2. The van der Waals surface area contributed by atoms with Gasteiger partial charge in [0.15, 0.2) is 0 Å². The average Bonchev–Trinajstić information content (AvgIpc) is 3.29. The Hall–Kier alpha value is -2.67. The highest BCUT2D eigenvalue weighted by Crippen LogP contribution is 2.38. The van der Waals surface area contributed by atoms with E-state index in [1.807, 2.05) is 6.07 Å². The number of aromatic nitrogens is 2. The highest BCUT2D eigenvalue weighted by Gasteiger charge is 2.37. The van der Waals surface area contributed by atoms with E-state index >= 15 is 0 Å². The predicted octanol–water partition coefficient (Wildman–Crippen LogP) is 3.27. The van der Waals surface area contributed by atoms with Crippen molar-refractivity contribution in [2.24, 2.45) is 30.4 Å². The molecule has 2 aliphatic rings. The second-order valence-corrected chi connectivity index (χ2v) is 10.0. The molecular formula is C25H35N5O2. The second-order valence-electron chi connectivity index (χ2n) is 10.0. The normalized spacial score (nSPS) is 22.0. The number of nitrogens with one attached hydrogen (secondary N) is 1. The van der Waals surface area contributed by atoms with Crippen molar-refractivity contribution in [1.29, 1.82) is 0 Å². The molecule has 172 valence electrons. The van der Waals surface area contributed by atoms with Gasteiger partial charge < -0.3 is 16.8 Å². The van der Waals surface area contributed by atoms with E-state index in [9.17, 15) is 9.59 Å². The number of amides is 2. The first-order chi connectivity index (χ1) is 15.2. The van der Waals surface area contributed by atoms with Gasteiger partial charge in [0.2, 0.25) is 5.91 Å². The molecule has 2 amide bonds. The Balaban J connectivity index is 1.59. The topological polar surface area (TPSA) is 116 Å². The third-order valence-corrected chi connectivity index (χ3v) is 7.54. The monoisotopic (exact) mass is 437 g/mol. The van der Waals surface area contributed by atoms with Gasteiger partial charge in [-0.1, -0.05) is 39.2 Å². The van der Waals surface area contributed by atoms with Crippen molar-refractivity contribution in [2.45, 2.75) is 70.3 Å². The Morgan fingerprint density at radius 2 is 1.81 bits per heavy atom. The van der Waals surface area contributed by atoms with Crippen LogP contribution in [0.3, 0.4) is 0 Å². The van der Waals surface area contributed by atoms with Gasteiger partial charge in [0.05, 0.1) is 11.6 Å². The van der Waals surface area contributed by atoms with Gasteiger partial charge in [-0.25, -0.2) is 0 Å². The van der Waals surface area contributed by atoms with Crippen LogP contribution in [0.4, 0.5) is 5.69 Å². The summed E-state index contributed by atoms with van der Waals surface area (Å²) in [5, 5.41) is 7.64. The van der Waals surface area contributed by atoms with Gasteiger partial charge in [-0.05, 0) is 66.8 Å². The Morgan fingerprint density at radius 3 is 2.44 bits per heavy atom. The molecule has 4 rings (SSSR count). The van der Waals surface area contributed by atoms with Gasteiger partial charge >= 0.3 is 0 Å². The number of rotatable bonds is 6. The predicted molar refractivity (Wildman–Crippen MR) is 125 cm³/mol. The molecule has 0 saturated heterocycles. The van der Waals surface area contributed by atoms with Gasteiger partial charge in [0.1, 0.15) is 5.69 Å². The lowest BCUT2D eigenvalue weighted by molar-refractivity contribution is -0.119. The van der Waals surface area contributed by atoms with Crippen molar-refractivity contribution in [3.8, 4) is 0 Å². The number of benzene rings is 1. The van der Waals surface area contributed by atoms with E-state index in [1.165, 1.54) is 22.2 Å². The number of fused-ring (bicyclic) bond motifs is 1. The summed E-state index contributed by atoms with van der Waals surface area (Å²) < 4.78 is 1.48. The summed E-state index contributed by atoms with van der Waals surface area (Å²) in [7, 11) is 1.69. The molecule has 5 N–H and O–H groups in total. The van der Waals surface area contributed by atoms with Crippen LogP contribution in [0.5, 0.6) is 0 Å². The SMILES string of the molecule is CC(C)C1(N)Cc2ccc(NC(=O)[C@H](c3cc(C(N)=O)n(C)n3)C3CCCCC3)cc2C1. The van der Waals surface area contributed by atoms with E-state index in [1.54, 1.807) is 13.1 Å². The molecule has 2 aliphatic carbocycles. The minimum atomic E-state index is -0.539. The Labute approximate surface area is 189 Å². The van der Waals surface area contributed by atoms with Gasteiger partial charge in [-0.15, -0.1) is 0 Å². The number of hydrogen-bond donors (Lipinski definition) is 3. The molecule has 2 aromatic rings. The number of primary amides is 1. The van der Waals surface area contributed by atoms with Crippen molar-refractivity contribution in [3.63, 3.8) is 0 Å². The summed E-state index contributed by atoms with van der Waals surface area (Å²) in [4.78, 5) is 25.3. The van der Waals surface area contributed by atoms with Crippen LogP contribution in [0.25, 0.3) is 0 Å². The van der Waals surface area contributed by atoms with Crippen LogP contribution in [0.15, 0.2) is 24.3 Å². The highest BCUT2D eigenvalue weighted by molar-refractivity contribution is 5.97. The maximum Gasteiger partial charge on any atom is 0.266 e. The second kappa shape index (κ2) is 8.70. The van der Waals surface area contributed by atoms with Crippen LogP contribution in [-0.4, -0.2) is 27.1 Å². The summed E-state index contributed by atoms with van der Waals surface area (Å²) in [5.41, 5.74) is 16.1. The molecule has 32 heavy (non-hydrogen) atoms. The molecule has 1 fully saturated rings. The Bertz CT molecular complexity index is 1020. The number of carbonyl (C=O) groups excluding carboxylic acids is 2. The van der Waals surface area contributed by atoms with Crippen molar-refractivity contribution in [3.05, 3.63) is 46.8 Å². The highest BCUT2D eigenvalue weighted by atomic mass is 16.2. The van der Waals surface area contributed by atoms with Crippen molar-refractivity contribution >= 4 is 17.5 Å². The fraction of sp³-hybridized carbons (Fsp3) is 0.560. The molecule has 1 aromatic carbocycles. The summed E-state index contributed by atoms with van der Waals surface area (Å²) in [5.74, 6) is -0.444. The van der Waals surface area contributed by atoms with Crippen LogP contribution in [0, 0.1) is 11.8 Å². The lowest BCUT2D eigenvalue weighted by Gasteiger charge is -2.28. The van der Waals surface area contributed by atoms with Crippen LogP contribution in [0.2, 0.25) is 0 Å². The number of aryl methyl sites for hydroxylation is 1. The zero-order valence-electron chi connectivity index (χ0n) is 19.4. The molecule has 1 aromatic heterocycles. The Morgan fingerprint density at radius 1 is 1.12 bits per heavy atom. The maximum atomic E-state index is 13.5. The summed E-state index contributed by atoms with van der Waals surface area (Å²) in [6, 6.07) is 7.79. The van der Waals surface area contributed by atoms with E-state index in [0.29, 0.717) is 17.3 Å². The molecule has 1 unspecified atom stereocenters. The lowest BCUT2D eigenvalue weighted by Crippen LogP contribution is -2.45. The van der Waals surface area contributed by atoms with Crippen LogP contribution in [-0.2, 0) is 24.7 Å². The standard InChI is InChI=1S/C25H35N5O2/c1-15(2)25(27)13-17-9-10-19(11-18(17)14-25)28-24(32)22(16-7-5-4-6-8-16)20-12-21(23(26)31)30(3)29-20/h9-12,15-16,22H,4-8,13-14,27H2,1-3H3,(H2,26,31)(H,28,32)/t22-,25?/m0/s1. The quantitative estimate of drug-likeness (QED) is 0.643. The molecule has 0 radical (unpaired) electrons. The number of anilines is 1.